The van der Waals surface area contributed by atoms with Crippen molar-refractivity contribution in [1.29, 1.82) is 0 Å². The number of ether oxygens (including phenoxy) is 2. The molecule has 0 fully saturated rings. The fourth-order valence-electron chi connectivity index (χ4n) is 2.19. The minimum atomic E-state index is -1.04. The maximum absolute atomic E-state index is 10.6. The summed E-state index contributed by atoms with van der Waals surface area (Å²) < 4.78 is 11.3. The molecule has 0 aromatic heterocycles. The van der Waals surface area contributed by atoms with Crippen molar-refractivity contribution in [1.82, 2.24) is 0 Å². The van der Waals surface area contributed by atoms with Gasteiger partial charge in [0.25, 0.3) is 0 Å². The Hall–Kier alpha value is -1.10. The molecule has 3 nitrogen and oxygen atoms in total. The summed E-state index contributed by atoms with van der Waals surface area (Å²) in [5.74, 6) is 0. The number of aliphatic hydroxyl groups is 1. The van der Waals surface area contributed by atoms with Crippen LogP contribution in [0, 0.1) is 0 Å². The molecule has 0 saturated heterocycles. The van der Waals surface area contributed by atoms with Gasteiger partial charge in [0.2, 0.25) is 0 Å². The van der Waals surface area contributed by atoms with E-state index in [9.17, 15) is 5.11 Å². The molecule has 0 aliphatic heterocycles. The first-order chi connectivity index (χ1) is 11.5. The first kappa shape index (κ1) is 19.2. The second kappa shape index (κ2) is 9.40. The highest BCUT2D eigenvalue weighted by Crippen LogP contribution is 2.25. The van der Waals surface area contributed by atoms with Crippen LogP contribution in [0.2, 0.25) is 10.0 Å². The molecule has 0 spiro atoms. The van der Waals surface area contributed by atoms with Gasteiger partial charge in [-0.15, -0.1) is 0 Å². The standard InChI is InChI=1S/C19H22Cl2O3/c1-2-19(22,13-23-11-15-7-4-3-5-8-15)14-24-12-16-17(20)9-6-10-18(16)21/h3-10,22H,2,11-14H2,1H3. The molecule has 2 rings (SSSR count). The van der Waals surface area contributed by atoms with E-state index >= 15 is 0 Å². The summed E-state index contributed by atoms with van der Waals surface area (Å²) in [6.45, 7) is 2.96. The maximum Gasteiger partial charge on any atom is 0.111 e. The molecule has 1 N–H and O–H groups in total. The van der Waals surface area contributed by atoms with Gasteiger partial charge in [-0.2, -0.15) is 0 Å². The van der Waals surface area contributed by atoms with Crippen molar-refractivity contribution in [3.05, 3.63) is 69.7 Å². The van der Waals surface area contributed by atoms with Crippen molar-refractivity contribution in [3.8, 4) is 0 Å². The van der Waals surface area contributed by atoms with Crippen LogP contribution in [-0.2, 0) is 22.7 Å². The fourth-order valence-corrected chi connectivity index (χ4v) is 2.70. The van der Waals surface area contributed by atoms with E-state index in [0.717, 1.165) is 11.1 Å². The lowest BCUT2D eigenvalue weighted by Gasteiger charge is -2.26. The van der Waals surface area contributed by atoms with Crippen LogP contribution in [0.5, 0.6) is 0 Å². The Morgan fingerprint density at radius 2 is 1.46 bits per heavy atom. The van der Waals surface area contributed by atoms with Gasteiger partial charge in [-0.3, -0.25) is 0 Å². The summed E-state index contributed by atoms with van der Waals surface area (Å²) in [4.78, 5) is 0. The van der Waals surface area contributed by atoms with Crippen LogP contribution >= 0.6 is 23.2 Å². The van der Waals surface area contributed by atoms with Crippen molar-refractivity contribution < 1.29 is 14.6 Å². The summed E-state index contributed by atoms with van der Waals surface area (Å²) in [5.41, 5.74) is 0.756. The molecule has 130 valence electrons. The molecule has 0 radical (unpaired) electrons. The summed E-state index contributed by atoms with van der Waals surface area (Å²) in [5, 5.41) is 11.7. The molecular formula is C19H22Cl2O3. The van der Waals surface area contributed by atoms with Crippen LogP contribution in [0.25, 0.3) is 0 Å². The van der Waals surface area contributed by atoms with Crippen LogP contribution in [0.4, 0.5) is 0 Å². The SMILES string of the molecule is CCC(O)(COCc1ccccc1)COCc1c(Cl)cccc1Cl. The second-order valence-electron chi connectivity index (χ2n) is 5.75. The average molecular weight is 369 g/mol. The third-order valence-corrected chi connectivity index (χ3v) is 4.53. The zero-order valence-electron chi connectivity index (χ0n) is 13.7. The summed E-state index contributed by atoms with van der Waals surface area (Å²) >= 11 is 12.2. The minimum absolute atomic E-state index is 0.153. The van der Waals surface area contributed by atoms with Gasteiger partial charge in [-0.25, -0.2) is 0 Å². The van der Waals surface area contributed by atoms with E-state index in [1.807, 2.05) is 37.3 Å². The Morgan fingerprint density at radius 1 is 0.875 bits per heavy atom. The lowest BCUT2D eigenvalue weighted by Crippen LogP contribution is -2.39. The normalized spacial score (nSPS) is 13.7. The van der Waals surface area contributed by atoms with Gasteiger partial charge < -0.3 is 14.6 Å². The van der Waals surface area contributed by atoms with Gasteiger partial charge in [0.1, 0.15) is 5.60 Å². The molecule has 1 unspecified atom stereocenters. The van der Waals surface area contributed by atoms with E-state index in [1.54, 1.807) is 18.2 Å². The average Bonchev–Trinajstić information content (AvgIpc) is 2.58. The quantitative estimate of drug-likeness (QED) is 0.686. The van der Waals surface area contributed by atoms with Crippen molar-refractivity contribution in [3.63, 3.8) is 0 Å². The molecule has 0 heterocycles. The van der Waals surface area contributed by atoms with Gasteiger partial charge in [0.15, 0.2) is 0 Å². The Kier molecular flexibility index (Phi) is 7.53. The summed E-state index contributed by atoms with van der Waals surface area (Å²) in [7, 11) is 0. The van der Waals surface area contributed by atoms with Gasteiger partial charge in [0.05, 0.1) is 26.4 Å². The Labute approximate surface area is 153 Å². The van der Waals surface area contributed by atoms with Crippen molar-refractivity contribution in [2.45, 2.75) is 32.2 Å². The van der Waals surface area contributed by atoms with Gasteiger partial charge in [-0.1, -0.05) is 66.5 Å². The first-order valence-electron chi connectivity index (χ1n) is 7.89. The Balaban J connectivity index is 1.81. The highest BCUT2D eigenvalue weighted by Gasteiger charge is 2.25. The molecule has 0 saturated carbocycles. The summed E-state index contributed by atoms with van der Waals surface area (Å²) in [6, 6.07) is 15.2. The summed E-state index contributed by atoms with van der Waals surface area (Å²) in [6.07, 6.45) is 0.526. The third kappa shape index (κ3) is 5.76. The van der Waals surface area contributed by atoms with Crippen molar-refractivity contribution in [2.24, 2.45) is 0 Å². The van der Waals surface area contributed by atoms with E-state index < -0.39 is 5.60 Å². The van der Waals surface area contributed by atoms with Crippen LogP contribution in [0.1, 0.15) is 24.5 Å². The smallest absolute Gasteiger partial charge is 0.111 e. The van der Waals surface area contributed by atoms with Gasteiger partial charge >= 0.3 is 0 Å². The van der Waals surface area contributed by atoms with E-state index in [2.05, 4.69) is 0 Å². The lowest BCUT2D eigenvalue weighted by molar-refractivity contribution is -0.104. The number of benzene rings is 2. The third-order valence-electron chi connectivity index (χ3n) is 3.82. The van der Waals surface area contributed by atoms with E-state index in [1.165, 1.54) is 0 Å². The highest BCUT2D eigenvalue weighted by molar-refractivity contribution is 6.35. The molecule has 2 aromatic carbocycles. The maximum atomic E-state index is 10.6. The molecule has 24 heavy (non-hydrogen) atoms. The Morgan fingerprint density at radius 3 is 2.04 bits per heavy atom. The zero-order valence-corrected chi connectivity index (χ0v) is 15.2. The van der Waals surface area contributed by atoms with Gasteiger partial charge in [-0.05, 0) is 24.1 Å². The predicted molar refractivity (Wildman–Crippen MR) is 97.5 cm³/mol. The second-order valence-corrected chi connectivity index (χ2v) is 6.56. The van der Waals surface area contributed by atoms with Crippen LogP contribution in [0.15, 0.2) is 48.5 Å². The fraction of sp³-hybridized carbons (Fsp3) is 0.368. The molecular weight excluding hydrogens is 347 g/mol. The first-order valence-corrected chi connectivity index (χ1v) is 8.64. The molecule has 5 heteroatoms. The van der Waals surface area contributed by atoms with E-state index in [0.29, 0.717) is 23.1 Å². The monoisotopic (exact) mass is 368 g/mol. The molecule has 1 atom stereocenters. The van der Waals surface area contributed by atoms with Crippen LogP contribution < -0.4 is 0 Å². The van der Waals surface area contributed by atoms with Crippen LogP contribution in [-0.4, -0.2) is 23.9 Å². The number of hydrogen-bond donors (Lipinski definition) is 1. The van der Waals surface area contributed by atoms with E-state index in [-0.39, 0.29) is 19.8 Å². The van der Waals surface area contributed by atoms with Crippen LogP contribution in [0.3, 0.4) is 0 Å². The van der Waals surface area contributed by atoms with Crippen molar-refractivity contribution >= 4 is 23.2 Å². The molecule has 0 bridgehead atoms. The Bertz CT molecular complexity index is 614. The topological polar surface area (TPSA) is 38.7 Å². The molecule has 0 aliphatic carbocycles. The van der Waals surface area contributed by atoms with Crippen molar-refractivity contribution in [2.75, 3.05) is 13.2 Å². The molecule has 0 aliphatic rings. The minimum Gasteiger partial charge on any atom is -0.385 e. The predicted octanol–water partition coefficient (Wildman–Crippen LogP) is 4.87. The molecule has 2 aromatic rings. The molecule has 0 amide bonds. The number of halogens is 2. The number of rotatable bonds is 9. The van der Waals surface area contributed by atoms with Gasteiger partial charge in [0, 0.05) is 15.6 Å². The lowest BCUT2D eigenvalue weighted by atomic mass is 10.0. The number of hydrogen-bond acceptors (Lipinski definition) is 3. The highest BCUT2D eigenvalue weighted by atomic mass is 35.5. The largest absolute Gasteiger partial charge is 0.385 e. The zero-order chi connectivity index (χ0) is 17.4. The van der Waals surface area contributed by atoms with E-state index in [4.69, 9.17) is 32.7 Å².